The molecule has 18 heavy (non-hydrogen) atoms. The smallest absolute Gasteiger partial charge is 0.323 e. The Morgan fingerprint density at radius 3 is 2.22 bits per heavy atom. The summed E-state index contributed by atoms with van der Waals surface area (Å²) in [5, 5.41) is 8.72. The van der Waals surface area contributed by atoms with Gasteiger partial charge in [-0.2, -0.15) is 0 Å². The molecule has 3 N–H and O–H groups in total. The van der Waals surface area contributed by atoms with Gasteiger partial charge in [-0.3, -0.25) is 9.59 Å². The molecule has 102 valence electrons. The van der Waals surface area contributed by atoms with Crippen molar-refractivity contribution in [3.63, 3.8) is 0 Å². The van der Waals surface area contributed by atoms with Gasteiger partial charge in [-0.1, -0.05) is 6.08 Å². The number of nitrogens with two attached hydrogens (primary N) is 1. The molecule has 0 radical (unpaired) electrons. The zero-order chi connectivity index (χ0) is 14.3. The normalized spacial score (nSPS) is 9.94. The summed E-state index contributed by atoms with van der Waals surface area (Å²) < 4.78 is 0. The second-order valence-corrected chi connectivity index (χ2v) is 4.03. The molecule has 3 amide bonds. The number of urea groups is 1. The lowest BCUT2D eigenvalue weighted by molar-refractivity contribution is -0.137. The molecule has 0 spiro atoms. The van der Waals surface area contributed by atoms with Crippen molar-refractivity contribution in [2.45, 2.75) is 19.9 Å². The largest absolute Gasteiger partial charge is 0.480 e. The van der Waals surface area contributed by atoms with Crippen molar-refractivity contribution >= 4 is 17.9 Å². The highest BCUT2D eigenvalue weighted by atomic mass is 16.4. The predicted octanol–water partition coefficient (Wildman–Crippen LogP) is -0.125. The summed E-state index contributed by atoms with van der Waals surface area (Å²) in [6.07, 6.45) is 1.42. The molecular formula is C11H19N3O4. The van der Waals surface area contributed by atoms with E-state index in [1.807, 2.05) is 0 Å². The van der Waals surface area contributed by atoms with Crippen LogP contribution in [-0.4, -0.2) is 58.5 Å². The van der Waals surface area contributed by atoms with Crippen LogP contribution in [0.3, 0.4) is 0 Å². The van der Waals surface area contributed by atoms with Crippen molar-refractivity contribution in [1.29, 1.82) is 0 Å². The van der Waals surface area contributed by atoms with Crippen LogP contribution in [0.5, 0.6) is 0 Å². The SMILES string of the molecule is C=CCN(CC(=O)O)C(=O)N(CC(N)=O)C(C)C. The van der Waals surface area contributed by atoms with E-state index in [1.54, 1.807) is 13.8 Å². The van der Waals surface area contributed by atoms with Gasteiger partial charge in [0.05, 0.1) is 0 Å². The van der Waals surface area contributed by atoms with Gasteiger partial charge in [-0.15, -0.1) is 6.58 Å². The van der Waals surface area contributed by atoms with E-state index in [2.05, 4.69) is 6.58 Å². The van der Waals surface area contributed by atoms with Crippen LogP contribution >= 0.6 is 0 Å². The maximum absolute atomic E-state index is 12.1. The summed E-state index contributed by atoms with van der Waals surface area (Å²) in [4.78, 5) is 35.9. The van der Waals surface area contributed by atoms with Crippen molar-refractivity contribution in [3.8, 4) is 0 Å². The van der Waals surface area contributed by atoms with E-state index in [-0.39, 0.29) is 19.1 Å². The van der Waals surface area contributed by atoms with Crippen LogP contribution in [0.2, 0.25) is 0 Å². The second kappa shape index (κ2) is 7.31. The third-order valence-corrected chi connectivity index (χ3v) is 2.14. The molecule has 7 nitrogen and oxygen atoms in total. The number of carboxylic acid groups (broad SMARTS) is 1. The van der Waals surface area contributed by atoms with Gasteiger partial charge in [0.2, 0.25) is 5.91 Å². The fourth-order valence-corrected chi connectivity index (χ4v) is 1.35. The average Bonchev–Trinajstić information content (AvgIpc) is 2.23. The molecule has 0 aliphatic carbocycles. The third kappa shape index (κ3) is 5.33. The number of carboxylic acids is 1. The van der Waals surface area contributed by atoms with Crippen molar-refractivity contribution in [2.24, 2.45) is 5.73 Å². The number of aliphatic carboxylic acids is 1. The maximum atomic E-state index is 12.1. The standard InChI is InChI=1S/C11H19N3O4/c1-4-5-13(7-10(16)17)11(18)14(8(2)3)6-9(12)15/h4,8H,1,5-7H2,2-3H3,(H2,12,15)(H,16,17). The molecule has 0 unspecified atom stereocenters. The minimum Gasteiger partial charge on any atom is -0.480 e. The second-order valence-electron chi connectivity index (χ2n) is 4.03. The first-order valence-electron chi connectivity index (χ1n) is 5.46. The number of amides is 3. The van der Waals surface area contributed by atoms with Crippen molar-refractivity contribution in [3.05, 3.63) is 12.7 Å². The molecule has 0 saturated carbocycles. The molecule has 0 atom stereocenters. The summed E-state index contributed by atoms with van der Waals surface area (Å²) in [5.41, 5.74) is 5.06. The van der Waals surface area contributed by atoms with Crippen LogP contribution in [0.15, 0.2) is 12.7 Å². The van der Waals surface area contributed by atoms with Crippen molar-refractivity contribution in [1.82, 2.24) is 9.80 Å². The van der Waals surface area contributed by atoms with Gasteiger partial charge in [0, 0.05) is 12.6 Å². The lowest BCUT2D eigenvalue weighted by Gasteiger charge is -2.31. The van der Waals surface area contributed by atoms with Gasteiger partial charge in [-0.05, 0) is 13.8 Å². The molecule has 0 rings (SSSR count). The van der Waals surface area contributed by atoms with Crippen molar-refractivity contribution < 1.29 is 19.5 Å². The van der Waals surface area contributed by atoms with Gasteiger partial charge in [0.25, 0.3) is 0 Å². The van der Waals surface area contributed by atoms with Crippen LogP contribution < -0.4 is 5.73 Å². The molecular weight excluding hydrogens is 238 g/mol. The predicted molar refractivity (Wildman–Crippen MR) is 65.8 cm³/mol. The van der Waals surface area contributed by atoms with E-state index >= 15 is 0 Å². The molecule has 0 saturated heterocycles. The summed E-state index contributed by atoms with van der Waals surface area (Å²) in [6, 6.07) is -0.808. The fraction of sp³-hybridized carbons (Fsp3) is 0.545. The van der Waals surface area contributed by atoms with Crippen molar-refractivity contribution in [2.75, 3.05) is 19.6 Å². The maximum Gasteiger partial charge on any atom is 0.323 e. The third-order valence-electron chi connectivity index (χ3n) is 2.14. The highest BCUT2D eigenvalue weighted by molar-refractivity contribution is 5.85. The number of hydrogen-bond acceptors (Lipinski definition) is 3. The van der Waals surface area contributed by atoms with Crippen LogP contribution in [0.25, 0.3) is 0 Å². The van der Waals surface area contributed by atoms with Crippen LogP contribution in [0.4, 0.5) is 4.79 Å². The summed E-state index contributed by atoms with van der Waals surface area (Å²) in [6.45, 7) is 6.28. The Hall–Kier alpha value is -2.05. The van der Waals surface area contributed by atoms with Gasteiger partial charge >= 0.3 is 12.0 Å². The molecule has 0 aliphatic rings. The lowest BCUT2D eigenvalue weighted by Crippen LogP contribution is -2.50. The van der Waals surface area contributed by atoms with E-state index in [1.165, 1.54) is 11.0 Å². The van der Waals surface area contributed by atoms with Crippen LogP contribution in [-0.2, 0) is 9.59 Å². The highest BCUT2D eigenvalue weighted by Crippen LogP contribution is 2.04. The van der Waals surface area contributed by atoms with E-state index in [0.29, 0.717) is 0 Å². The molecule has 7 heteroatoms. The van der Waals surface area contributed by atoms with Gasteiger partial charge < -0.3 is 20.6 Å². The Kier molecular flexibility index (Phi) is 6.48. The summed E-state index contributed by atoms with van der Waals surface area (Å²) in [5.74, 6) is -1.78. The van der Waals surface area contributed by atoms with Gasteiger partial charge in [0.1, 0.15) is 13.1 Å². The number of primary amides is 1. The topological polar surface area (TPSA) is 104 Å². The number of carbonyl (C=O) groups is 3. The van der Waals surface area contributed by atoms with E-state index in [9.17, 15) is 14.4 Å². The van der Waals surface area contributed by atoms with Gasteiger partial charge in [-0.25, -0.2) is 4.79 Å². The minimum atomic E-state index is -1.13. The average molecular weight is 257 g/mol. The Bertz CT molecular complexity index is 341. The molecule has 0 aromatic rings. The first-order chi connectivity index (χ1) is 8.29. The Balaban J connectivity index is 4.92. The number of nitrogens with zero attached hydrogens (tertiary/aromatic N) is 2. The van der Waals surface area contributed by atoms with Gasteiger partial charge in [0.15, 0.2) is 0 Å². The highest BCUT2D eigenvalue weighted by Gasteiger charge is 2.25. The van der Waals surface area contributed by atoms with E-state index in [4.69, 9.17) is 10.8 Å². The molecule has 0 aromatic carbocycles. The summed E-state index contributed by atoms with van der Waals surface area (Å²) in [7, 11) is 0. The molecule has 0 fully saturated rings. The number of carbonyl (C=O) groups excluding carboxylic acids is 2. The van der Waals surface area contributed by atoms with E-state index < -0.39 is 24.5 Å². The number of rotatable bonds is 7. The minimum absolute atomic E-state index is 0.0904. The Morgan fingerprint density at radius 1 is 1.33 bits per heavy atom. The van der Waals surface area contributed by atoms with E-state index in [0.717, 1.165) is 4.90 Å². The molecule has 0 heterocycles. The Labute approximate surface area is 106 Å². The quantitative estimate of drug-likeness (QED) is 0.620. The summed E-state index contributed by atoms with van der Waals surface area (Å²) >= 11 is 0. The molecule has 0 aliphatic heterocycles. The zero-order valence-electron chi connectivity index (χ0n) is 10.6. The lowest BCUT2D eigenvalue weighted by atomic mass is 10.3. The van der Waals surface area contributed by atoms with Crippen LogP contribution in [0, 0.1) is 0 Å². The Morgan fingerprint density at radius 2 is 1.89 bits per heavy atom. The fourth-order valence-electron chi connectivity index (χ4n) is 1.35. The zero-order valence-corrected chi connectivity index (χ0v) is 10.6. The molecule has 0 aromatic heterocycles. The number of hydrogen-bond donors (Lipinski definition) is 2. The van der Waals surface area contributed by atoms with Crippen LogP contribution in [0.1, 0.15) is 13.8 Å². The molecule has 0 bridgehead atoms. The first-order valence-corrected chi connectivity index (χ1v) is 5.46. The monoisotopic (exact) mass is 257 g/mol. The first kappa shape index (κ1) is 16.0.